The van der Waals surface area contributed by atoms with Gasteiger partial charge >= 0.3 is 12.1 Å². The van der Waals surface area contributed by atoms with Gasteiger partial charge in [0.2, 0.25) is 11.8 Å². The van der Waals surface area contributed by atoms with Gasteiger partial charge < -0.3 is 42.0 Å². The van der Waals surface area contributed by atoms with E-state index in [1.165, 1.54) is 0 Å². The van der Waals surface area contributed by atoms with E-state index < -0.39 is 30.1 Å². The second-order valence-electron chi connectivity index (χ2n) is 8.00. The number of nitrogens with two attached hydrogens (primary N) is 2. The first-order valence-corrected chi connectivity index (χ1v) is 11.1. The molecule has 0 bridgehead atoms. The molecule has 13 heteroatoms. The molecule has 13 nitrogen and oxygen atoms in total. The third kappa shape index (κ3) is 9.88. The van der Waals surface area contributed by atoms with Gasteiger partial charge in [-0.1, -0.05) is 30.3 Å². The number of ether oxygens (including phenoxy) is 2. The largest absolute Gasteiger partial charge is 0.480 e. The van der Waals surface area contributed by atoms with E-state index in [4.69, 9.17) is 20.9 Å². The molecule has 192 valence electrons. The molecule has 1 fully saturated rings. The number of benzene rings is 1. The van der Waals surface area contributed by atoms with Gasteiger partial charge in [0.15, 0.2) is 5.96 Å². The zero-order valence-electron chi connectivity index (χ0n) is 19.4. The van der Waals surface area contributed by atoms with E-state index >= 15 is 0 Å². The lowest BCUT2D eigenvalue weighted by molar-refractivity contribution is -0.139. The number of hydrogen-bond donors (Lipinski definition) is 6. The van der Waals surface area contributed by atoms with E-state index in [9.17, 15) is 24.3 Å². The minimum absolute atomic E-state index is 0.0221. The number of nitrogens with one attached hydrogen (secondary N) is 3. The first kappa shape index (κ1) is 27.4. The Bertz CT molecular complexity index is 907. The maximum atomic E-state index is 12.5. The molecule has 35 heavy (non-hydrogen) atoms. The maximum absolute atomic E-state index is 12.5. The van der Waals surface area contributed by atoms with Crippen molar-refractivity contribution in [1.82, 2.24) is 16.0 Å². The number of carbonyl (C=O) groups is 4. The Hall–Kier alpha value is -3.87. The third-order valence-corrected chi connectivity index (χ3v) is 5.21. The minimum atomic E-state index is -1.39. The lowest BCUT2D eigenvalue weighted by Crippen LogP contribution is -2.50. The summed E-state index contributed by atoms with van der Waals surface area (Å²) in [6.07, 6.45) is -1.08. The molecule has 8 N–H and O–H groups in total. The van der Waals surface area contributed by atoms with Crippen LogP contribution < -0.4 is 27.4 Å². The van der Waals surface area contributed by atoms with Gasteiger partial charge in [-0.3, -0.25) is 14.6 Å². The number of rotatable bonds is 12. The molecule has 1 saturated heterocycles. The van der Waals surface area contributed by atoms with Gasteiger partial charge in [0.1, 0.15) is 18.8 Å². The zero-order valence-corrected chi connectivity index (χ0v) is 19.4. The molecule has 1 aliphatic heterocycles. The maximum Gasteiger partial charge on any atom is 0.408 e. The topological polar surface area (TPSA) is 207 Å². The molecule has 2 rings (SSSR count). The van der Waals surface area contributed by atoms with Crippen molar-refractivity contribution >= 4 is 29.8 Å². The van der Waals surface area contributed by atoms with Crippen LogP contribution in [0.4, 0.5) is 4.79 Å². The third-order valence-electron chi connectivity index (χ3n) is 5.21. The minimum Gasteiger partial charge on any atom is -0.480 e. The number of amides is 3. The quantitative estimate of drug-likeness (QED) is 0.159. The van der Waals surface area contributed by atoms with Crippen LogP contribution >= 0.6 is 0 Å². The summed E-state index contributed by atoms with van der Waals surface area (Å²) in [7, 11) is 0. The number of aliphatic carboxylic acids is 1. The van der Waals surface area contributed by atoms with Crippen LogP contribution in [0.3, 0.4) is 0 Å². The van der Waals surface area contributed by atoms with E-state index in [0.717, 1.165) is 5.56 Å². The van der Waals surface area contributed by atoms with E-state index in [0.29, 0.717) is 12.8 Å². The van der Waals surface area contributed by atoms with Crippen LogP contribution in [0.15, 0.2) is 35.3 Å². The number of guanidine groups is 1. The number of aliphatic imine (C=N–C) groups is 1. The van der Waals surface area contributed by atoms with Crippen LogP contribution in [0.25, 0.3) is 0 Å². The van der Waals surface area contributed by atoms with Gasteiger partial charge in [-0.05, 0) is 25.3 Å². The van der Waals surface area contributed by atoms with Crippen molar-refractivity contribution in [3.63, 3.8) is 0 Å². The Morgan fingerprint density at radius 2 is 1.89 bits per heavy atom. The second-order valence-corrected chi connectivity index (χ2v) is 8.00. The molecular weight excluding hydrogens is 460 g/mol. The Morgan fingerprint density at radius 1 is 1.17 bits per heavy atom. The SMILES string of the molecule is C[C@H](NC(=O)CCN=C(N)N)[C@@H]1CC[C@H](C(=O)NC[C@H](NC(=O)OCc2ccccc2)C(=O)O)O1. The highest BCUT2D eigenvalue weighted by Gasteiger charge is 2.34. The molecule has 0 aliphatic carbocycles. The summed E-state index contributed by atoms with van der Waals surface area (Å²) in [6.45, 7) is 1.55. The summed E-state index contributed by atoms with van der Waals surface area (Å²) in [5, 5.41) is 16.8. The van der Waals surface area contributed by atoms with Crippen molar-refractivity contribution in [2.75, 3.05) is 13.1 Å². The van der Waals surface area contributed by atoms with Crippen molar-refractivity contribution in [2.24, 2.45) is 16.5 Å². The summed E-state index contributed by atoms with van der Waals surface area (Å²) < 4.78 is 10.8. The number of carboxylic acid groups (broad SMARTS) is 1. The van der Waals surface area contributed by atoms with Crippen LogP contribution in [-0.4, -0.2) is 72.3 Å². The predicted molar refractivity (Wildman–Crippen MR) is 125 cm³/mol. The molecule has 4 atom stereocenters. The van der Waals surface area contributed by atoms with Crippen LogP contribution in [0.5, 0.6) is 0 Å². The van der Waals surface area contributed by atoms with Crippen LogP contribution in [-0.2, 0) is 30.5 Å². The Morgan fingerprint density at radius 3 is 2.54 bits per heavy atom. The average molecular weight is 493 g/mol. The van der Waals surface area contributed by atoms with E-state index in [1.54, 1.807) is 31.2 Å². The fraction of sp³-hybridized carbons (Fsp3) is 0.500. The van der Waals surface area contributed by atoms with E-state index in [2.05, 4.69) is 20.9 Å². The van der Waals surface area contributed by atoms with Gasteiger partial charge in [-0.15, -0.1) is 0 Å². The lowest BCUT2D eigenvalue weighted by Gasteiger charge is -2.21. The summed E-state index contributed by atoms with van der Waals surface area (Å²) in [5.41, 5.74) is 11.2. The average Bonchev–Trinajstić information content (AvgIpc) is 3.31. The smallest absolute Gasteiger partial charge is 0.408 e. The highest BCUT2D eigenvalue weighted by atomic mass is 16.5. The van der Waals surface area contributed by atoms with Crippen LogP contribution in [0, 0.1) is 0 Å². The molecule has 0 radical (unpaired) electrons. The number of carboxylic acids is 1. The first-order chi connectivity index (χ1) is 16.7. The molecular formula is C22H32N6O7. The van der Waals surface area contributed by atoms with Gasteiger partial charge in [-0.25, -0.2) is 9.59 Å². The highest BCUT2D eigenvalue weighted by molar-refractivity contribution is 5.84. The Balaban J connectivity index is 1.74. The summed E-state index contributed by atoms with van der Waals surface area (Å²) >= 11 is 0. The second kappa shape index (κ2) is 13.7. The molecule has 0 unspecified atom stereocenters. The Labute approximate surface area is 202 Å². The number of carbonyl (C=O) groups excluding carboxylic acids is 3. The van der Waals surface area contributed by atoms with Gasteiger partial charge in [0, 0.05) is 13.0 Å². The molecule has 1 heterocycles. The fourth-order valence-corrected chi connectivity index (χ4v) is 3.35. The first-order valence-electron chi connectivity index (χ1n) is 11.1. The molecule has 0 aromatic heterocycles. The summed E-state index contributed by atoms with van der Waals surface area (Å²) in [4.78, 5) is 51.6. The van der Waals surface area contributed by atoms with Crippen LogP contribution in [0.1, 0.15) is 31.7 Å². The summed E-state index contributed by atoms with van der Waals surface area (Å²) in [6, 6.07) is 7.16. The zero-order chi connectivity index (χ0) is 25.8. The molecule has 1 aromatic rings. The molecule has 1 aromatic carbocycles. The van der Waals surface area contributed by atoms with Gasteiger partial charge in [0.25, 0.3) is 0 Å². The Kier molecular flexibility index (Phi) is 10.8. The number of hydrogen-bond acceptors (Lipinski definition) is 7. The standard InChI is InChI=1S/C22H32N6O7/c1-13(27-18(29)9-10-25-21(23)24)16-7-8-17(35-16)19(30)26-11-15(20(31)32)28-22(33)34-12-14-5-3-2-4-6-14/h2-6,13,15-17H,7-12H2,1H3,(H,26,30)(H,27,29)(H,28,33)(H,31,32)(H4,23,24,25)/t13-,15-,16-,17+/m0/s1. The number of nitrogens with zero attached hydrogens (tertiary/aromatic N) is 1. The normalized spacial score (nSPS) is 18.5. The van der Waals surface area contributed by atoms with Crippen molar-refractivity contribution < 1.29 is 33.8 Å². The van der Waals surface area contributed by atoms with Gasteiger partial charge in [-0.2, -0.15) is 0 Å². The van der Waals surface area contributed by atoms with E-state index in [1.807, 2.05) is 6.07 Å². The van der Waals surface area contributed by atoms with Gasteiger partial charge in [0.05, 0.1) is 18.7 Å². The molecule has 3 amide bonds. The molecule has 0 spiro atoms. The van der Waals surface area contributed by atoms with Crippen LogP contribution in [0.2, 0.25) is 0 Å². The van der Waals surface area contributed by atoms with Crippen molar-refractivity contribution in [3.8, 4) is 0 Å². The lowest BCUT2D eigenvalue weighted by atomic mass is 10.1. The highest BCUT2D eigenvalue weighted by Crippen LogP contribution is 2.22. The number of alkyl carbamates (subject to hydrolysis) is 1. The summed E-state index contributed by atoms with van der Waals surface area (Å²) in [5.74, 6) is -2.19. The monoisotopic (exact) mass is 492 g/mol. The molecule has 1 aliphatic rings. The van der Waals surface area contributed by atoms with E-state index in [-0.39, 0.29) is 50.1 Å². The predicted octanol–water partition coefficient (Wildman–Crippen LogP) is -0.802. The van der Waals surface area contributed by atoms with Crippen molar-refractivity contribution in [1.29, 1.82) is 0 Å². The molecule has 0 saturated carbocycles. The van der Waals surface area contributed by atoms with Crippen molar-refractivity contribution in [3.05, 3.63) is 35.9 Å². The fourth-order valence-electron chi connectivity index (χ4n) is 3.35. The van der Waals surface area contributed by atoms with Crippen molar-refractivity contribution in [2.45, 2.75) is 57.1 Å².